The number of hydrogen-bond acceptors (Lipinski definition) is 8. The van der Waals surface area contributed by atoms with E-state index in [4.69, 9.17) is 9.72 Å². The van der Waals surface area contributed by atoms with Crippen molar-refractivity contribution in [2.24, 2.45) is 10.9 Å². The topological polar surface area (TPSA) is 112 Å². The number of aromatic nitrogens is 2. The largest absolute Gasteiger partial charge is 0.495 e. The molecule has 1 aromatic carbocycles. The summed E-state index contributed by atoms with van der Waals surface area (Å²) in [6.07, 6.45) is 8.00. The number of likely N-dealkylation sites (N-methyl/N-ethyl adjacent to an activating group) is 1. The zero-order valence-electron chi connectivity index (χ0n) is 21.8. The van der Waals surface area contributed by atoms with Gasteiger partial charge in [-0.05, 0) is 64.0 Å². The molecule has 1 saturated carbocycles. The van der Waals surface area contributed by atoms with Crippen molar-refractivity contribution in [3.63, 3.8) is 0 Å². The van der Waals surface area contributed by atoms with Crippen molar-refractivity contribution in [2.45, 2.75) is 44.6 Å². The monoisotopic (exact) mass is 505 g/mol. The van der Waals surface area contributed by atoms with Gasteiger partial charge in [-0.25, -0.2) is 9.97 Å². The van der Waals surface area contributed by atoms with Crippen molar-refractivity contribution in [1.29, 1.82) is 0 Å². The Labute approximate surface area is 217 Å². The zero-order chi connectivity index (χ0) is 25.9. The van der Waals surface area contributed by atoms with Gasteiger partial charge in [0.1, 0.15) is 18.0 Å². The molecule has 1 saturated heterocycles. The maximum Gasteiger partial charge on any atom is 0.251 e. The minimum atomic E-state index is -0.106. The summed E-state index contributed by atoms with van der Waals surface area (Å²) in [6.45, 7) is 2.08. The van der Waals surface area contributed by atoms with E-state index in [1.165, 1.54) is 0 Å². The fraction of sp³-hybridized carbons (Fsp3) is 0.519. The number of nitrogens with one attached hydrogen (secondary N) is 2. The van der Waals surface area contributed by atoms with Gasteiger partial charge >= 0.3 is 0 Å². The third-order valence-electron chi connectivity index (χ3n) is 7.64. The maximum absolute atomic E-state index is 12.9. The molecule has 2 N–H and O–H groups in total. The van der Waals surface area contributed by atoms with E-state index in [0.29, 0.717) is 40.2 Å². The average molecular weight is 506 g/mol. The summed E-state index contributed by atoms with van der Waals surface area (Å²) in [6, 6.07) is 5.49. The summed E-state index contributed by atoms with van der Waals surface area (Å²) in [4.78, 5) is 43.2. The third-order valence-corrected chi connectivity index (χ3v) is 7.64. The third kappa shape index (κ3) is 5.44. The standard InChI is InChI=1S/C27H35N7O3/c1-33-12-10-19(11-13-33)30-26(36)18-8-9-20(22(14-18)37-3)31-27-29-15-21-25(32-27)24(17-6-4-5-7-17)28-16-23(35)34(21)2/h8-9,14-15,17,19H,4-7,10-13,16H2,1-3H3,(H,30,36)(H,29,31,32). The summed E-state index contributed by atoms with van der Waals surface area (Å²) in [5, 5.41) is 6.38. The van der Waals surface area contributed by atoms with Crippen LogP contribution in [-0.2, 0) is 4.79 Å². The van der Waals surface area contributed by atoms with Gasteiger partial charge < -0.3 is 25.2 Å². The lowest BCUT2D eigenvalue weighted by Crippen LogP contribution is -2.43. The lowest BCUT2D eigenvalue weighted by Gasteiger charge is -2.29. The minimum Gasteiger partial charge on any atom is -0.495 e. The molecule has 2 aliphatic heterocycles. The number of piperidine rings is 1. The first-order valence-corrected chi connectivity index (χ1v) is 13.1. The van der Waals surface area contributed by atoms with Gasteiger partial charge in [0.05, 0.1) is 30.4 Å². The molecule has 0 atom stereocenters. The van der Waals surface area contributed by atoms with Gasteiger partial charge in [0.25, 0.3) is 5.91 Å². The molecule has 37 heavy (non-hydrogen) atoms. The summed E-state index contributed by atoms with van der Waals surface area (Å²) in [5.41, 5.74) is 3.46. The molecule has 2 fully saturated rings. The molecule has 0 radical (unpaired) electrons. The van der Waals surface area contributed by atoms with Crippen LogP contribution >= 0.6 is 0 Å². The fourth-order valence-corrected chi connectivity index (χ4v) is 5.34. The van der Waals surface area contributed by atoms with E-state index in [2.05, 4.69) is 32.6 Å². The maximum atomic E-state index is 12.9. The van der Waals surface area contributed by atoms with Gasteiger partial charge in [0.15, 0.2) is 0 Å². The number of methoxy groups -OCH3 is 1. The molecule has 0 unspecified atom stereocenters. The molecule has 0 bridgehead atoms. The molecule has 2 amide bonds. The van der Waals surface area contributed by atoms with Gasteiger partial charge in [0, 0.05) is 24.6 Å². The second-order valence-corrected chi connectivity index (χ2v) is 10.2. The summed E-state index contributed by atoms with van der Waals surface area (Å²) in [7, 11) is 5.41. The molecular formula is C27H35N7O3. The molecule has 10 heteroatoms. The summed E-state index contributed by atoms with van der Waals surface area (Å²) >= 11 is 0. The second kappa shape index (κ2) is 10.8. The molecule has 0 spiro atoms. The molecule has 3 heterocycles. The number of benzene rings is 1. The van der Waals surface area contributed by atoms with Crippen LogP contribution in [0.1, 0.15) is 54.6 Å². The quantitative estimate of drug-likeness (QED) is 0.621. The number of carbonyl (C=O) groups is 2. The Hall–Kier alpha value is -3.53. The molecule has 2 aromatic rings. The Morgan fingerprint density at radius 1 is 1.11 bits per heavy atom. The van der Waals surface area contributed by atoms with Crippen LogP contribution in [0.15, 0.2) is 29.4 Å². The minimum absolute atomic E-state index is 0.0747. The first kappa shape index (κ1) is 25.1. The Morgan fingerprint density at radius 3 is 2.59 bits per heavy atom. The number of anilines is 3. The smallest absolute Gasteiger partial charge is 0.251 e. The van der Waals surface area contributed by atoms with Gasteiger partial charge in [-0.3, -0.25) is 14.6 Å². The molecule has 196 valence electrons. The number of ether oxygens (including phenoxy) is 1. The van der Waals surface area contributed by atoms with Crippen molar-refractivity contribution >= 4 is 34.8 Å². The number of likely N-dealkylation sites (tertiary alicyclic amines) is 1. The number of aliphatic imine (C=N–C) groups is 1. The molecule has 10 nitrogen and oxygen atoms in total. The van der Waals surface area contributed by atoms with Crippen LogP contribution in [0.3, 0.4) is 0 Å². The van der Waals surface area contributed by atoms with Crippen molar-refractivity contribution in [3.8, 4) is 5.75 Å². The number of hydrogen-bond donors (Lipinski definition) is 2. The zero-order valence-corrected chi connectivity index (χ0v) is 21.8. The highest BCUT2D eigenvalue weighted by Gasteiger charge is 2.30. The lowest BCUT2D eigenvalue weighted by atomic mass is 9.98. The van der Waals surface area contributed by atoms with E-state index in [-0.39, 0.29) is 24.4 Å². The molecule has 5 rings (SSSR count). The predicted molar refractivity (Wildman–Crippen MR) is 143 cm³/mol. The van der Waals surface area contributed by atoms with Crippen LogP contribution in [0.5, 0.6) is 5.75 Å². The summed E-state index contributed by atoms with van der Waals surface area (Å²) in [5.74, 6) is 1.03. The molecule has 1 aliphatic carbocycles. The van der Waals surface area contributed by atoms with Crippen LogP contribution in [0.25, 0.3) is 0 Å². The van der Waals surface area contributed by atoms with Gasteiger partial charge in [-0.1, -0.05) is 12.8 Å². The first-order valence-electron chi connectivity index (χ1n) is 13.1. The molecule has 1 aromatic heterocycles. The van der Waals surface area contributed by atoms with Crippen molar-refractivity contribution in [1.82, 2.24) is 20.2 Å². The van der Waals surface area contributed by atoms with E-state index in [9.17, 15) is 9.59 Å². The normalized spacial score (nSPS) is 19.3. The highest BCUT2D eigenvalue weighted by Crippen LogP contribution is 2.34. The fourth-order valence-electron chi connectivity index (χ4n) is 5.34. The number of nitrogens with zero attached hydrogens (tertiary/aromatic N) is 5. The van der Waals surface area contributed by atoms with Gasteiger partial charge in [-0.2, -0.15) is 0 Å². The summed E-state index contributed by atoms with van der Waals surface area (Å²) < 4.78 is 5.60. The van der Waals surface area contributed by atoms with E-state index >= 15 is 0 Å². The Bertz CT molecular complexity index is 1200. The van der Waals surface area contributed by atoms with Crippen molar-refractivity contribution < 1.29 is 14.3 Å². The van der Waals surface area contributed by atoms with Crippen LogP contribution in [-0.4, -0.2) is 79.3 Å². The number of fused-ring (bicyclic) bond motifs is 1. The van der Waals surface area contributed by atoms with Gasteiger partial charge in [0.2, 0.25) is 11.9 Å². The number of amides is 2. The number of rotatable bonds is 6. The Morgan fingerprint density at radius 2 is 1.86 bits per heavy atom. The van der Waals surface area contributed by atoms with Gasteiger partial charge in [-0.15, -0.1) is 0 Å². The van der Waals surface area contributed by atoms with Crippen molar-refractivity contribution in [2.75, 3.05) is 51.1 Å². The predicted octanol–water partition coefficient (Wildman–Crippen LogP) is 3.01. The number of carbonyl (C=O) groups excluding carboxylic acids is 2. The average Bonchev–Trinajstić information content (AvgIpc) is 3.41. The van der Waals surface area contributed by atoms with Crippen molar-refractivity contribution in [3.05, 3.63) is 35.7 Å². The second-order valence-electron chi connectivity index (χ2n) is 10.2. The lowest BCUT2D eigenvalue weighted by molar-refractivity contribution is -0.116. The highest BCUT2D eigenvalue weighted by molar-refractivity contribution is 6.11. The highest BCUT2D eigenvalue weighted by atomic mass is 16.5. The molecule has 3 aliphatic rings. The van der Waals surface area contributed by atoms with Crippen LogP contribution < -0.4 is 20.3 Å². The SMILES string of the molecule is COc1cc(C(=O)NC2CCN(C)CC2)ccc1Nc1ncc2c(n1)C(C1CCCC1)=NCC(=O)N2C. The van der Waals surface area contributed by atoms with Crippen LogP contribution in [0.2, 0.25) is 0 Å². The van der Waals surface area contributed by atoms with Crippen LogP contribution in [0, 0.1) is 5.92 Å². The van der Waals surface area contributed by atoms with E-state index in [1.54, 1.807) is 43.5 Å². The van der Waals surface area contributed by atoms with E-state index in [0.717, 1.165) is 57.3 Å². The Kier molecular flexibility index (Phi) is 7.36. The molecular weight excluding hydrogens is 470 g/mol. The first-order chi connectivity index (χ1) is 17.9. The Balaban J connectivity index is 1.37. The van der Waals surface area contributed by atoms with Crippen LogP contribution in [0.4, 0.5) is 17.3 Å². The van der Waals surface area contributed by atoms with E-state index < -0.39 is 0 Å². The van der Waals surface area contributed by atoms with E-state index in [1.807, 2.05) is 0 Å².